The molecule has 4 nitrogen and oxygen atoms in total. The first-order valence-electron chi connectivity index (χ1n) is 5.91. The van der Waals surface area contributed by atoms with E-state index in [1.54, 1.807) is 25.3 Å². The maximum absolute atomic E-state index is 12.1. The van der Waals surface area contributed by atoms with Crippen molar-refractivity contribution in [3.8, 4) is 17.1 Å². The quantitative estimate of drug-likeness (QED) is 0.762. The number of methoxy groups -OCH3 is 1. The first-order chi connectivity index (χ1) is 9.28. The van der Waals surface area contributed by atoms with Crippen molar-refractivity contribution in [2.75, 3.05) is 7.11 Å². The average Bonchev–Trinajstić information content (AvgIpc) is 2.48. The van der Waals surface area contributed by atoms with Crippen LogP contribution >= 0.6 is 0 Å². The normalized spacial score (nSPS) is 10.6. The second-order valence-corrected chi connectivity index (χ2v) is 4.16. The van der Waals surface area contributed by atoms with Crippen molar-refractivity contribution in [3.63, 3.8) is 0 Å². The van der Waals surface area contributed by atoms with E-state index in [2.05, 4.69) is 9.97 Å². The first-order valence-corrected chi connectivity index (χ1v) is 5.91. The van der Waals surface area contributed by atoms with Crippen LogP contribution in [0.5, 0.6) is 5.75 Å². The van der Waals surface area contributed by atoms with Crippen LogP contribution < -0.4 is 10.3 Å². The topological polar surface area (TPSA) is 55.0 Å². The van der Waals surface area contributed by atoms with Crippen molar-refractivity contribution in [3.05, 3.63) is 58.9 Å². The van der Waals surface area contributed by atoms with Gasteiger partial charge in [-0.25, -0.2) is 4.98 Å². The third-order valence-electron chi connectivity index (χ3n) is 2.96. The van der Waals surface area contributed by atoms with Crippen LogP contribution in [0, 0.1) is 0 Å². The third-order valence-corrected chi connectivity index (χ3v) is 2.96. The molecule has 4 heteroatoms. The molecular weight excluding hydrogens is 240 g/mol. The van der Waals surface area contributed by atoms with Crippen LogP contribution in [0.4, 0.5) is 0 Å². The Kier molecular flexibility index (Phi) is 2.76. The van der Waals surface area contributed by atoms with E-state index < -0.39 is 0 Å². The number of ether oxygens (including phenoxy) is 1. The molecule has 1 aromatic heterocycles. The Bertz CT molecular complexity index is 779. The molecule has 3 aromatic rings. The van der Waals surface area contributed by atoms with Crippen LogP contribution in [0.1, 0.15) is 0 Å². The zero-order valence-electron chi connectivity index (χ0n) is 10.4. The van der Waals surface area contributed by atoms with Crippen molar-refractivity contribution < 1.29 is 4.74 Å². The molecule has 0 spiro atoms. The van der Waals surface area contributed by atoms with Crippen molar-refractivity contribution in [2.45, 2.75) is 0 Å². The monoisotopic (exact) mass is 252 g/mol. The zero-order chi connectivity index (χ0) is 13.2. The summed E-state index contributed by atoms with van der Waals surface area (Å²) >= 11 is 0. The highest BCUT2D eigenvalue weighted by Crippen LogP contribution is 2.19. The minimum Gasteiger partial charge on any atom is -0.497 e. The molecule has 0 saturated carbocycles. The van der Waals surface area contributed by atoms with Crippen molar-refractivity contribution in [1.82, 2.24) is 9.97 Å². The largest absolute Gasteiger partial charge is 0.497 e. The van der Waals surface area contributed by atoms with E-state index >= 15 is 0 Å². The van der Waals surface area contributed by atoms with E-state index in [-0.39, 0.29) is 5.56 Å². The molecule has 0 saturated heterocycles. The summed E-state index contributed by atoms with van der Waals surface area (Å²) in [6, 6.07) is 14.8. The molecule has 0 atom stereocenters. The minimum absolute atomic E-state index is 0.164. The number of hydrogen-bond acceptors (Lipinski definition) is 3. The van der Waals surface area contributed by atoms with Gasteiger partial charge in [-0.1, -0.05) is 30.3 Å². The summed E-state index contributed by atoms with van der Waals surface area (Å²) in [4.78, 5) is 19.4. The van der Waals surface area contributed by atoms with E-state index in [0.717, 1.165) is 5.56 Å². The van der Waals surface area contributed by atoms with E-state index in [1.807, 2.05) is 30.3 Å². The molecule has 94 valence electrons. The molecule has 0 bridgehead atoms. The molecule has 0 aliphatic heterocycles. The summed E-state index contributed by atoms with van der Waals surface area (Å²) < 4.78 is 5.11. The summed E-state index contributed by atoms with van der Waals surface area (Å²) in [6.07, 6.45) is 0. The summed E-state index contributed by atoms with van der Waals surface area (Å²) in [6.45, 7) is 0. The molecular formula is C15H12N2O2. The number of nitrogens with zero attached hydrogens (tertiary/aromatic N) is 1. The molecule has 0 unspecified atom stereocenters. The Morgan fingerprint density at radius 1 is 1.11 bits per heavy atom. The summed E-state index contributed by atoms with van der Waals surface area (Å²) in [5.41, 5.74) is 1.38. The van der Waals surface area contributed by atoms with Gasteiger partial charge in [-0.3, -0.25) is 4.79 Å². The Labute approximate surface area is 109 Å². The number of benzene rings is 2. The van der Waals surface area contributed by atoms with Gasteiger partial charge < -0.3 is 9.72 Å². The van der Waals surface area contributed by atoms with E-state index in [4.69, 9.17) is 4.74 Å². The number of rotatable bonds is 2. The molecule has 1 heterocycles. The van der Waals surface area contributed by atoms with Gasteiger partial charge in [-0.15, -0.1) is 0 Å². The SMILES string of the molecule is COc1ccc2nc(-c3ccccc3)[nH]c(=O)c2c1. The standard InChI is InChI=1S/C15H12N2O2/c1-19-11-7-8-13-12(9-11)15(18)17-14(16-13)10-5-3-2-4-6-10/h2-9H,1H3,(H,16,17,18). The van der Waals surface area contributed by atoms with Gasteiger partial charge in [0.15, 0.2) is 0 Å². The first kappa shape index (κ1) is 11.5. The van der Waals surface area contributed by atoms with Crippen LogP contribution in [0.3, 0.4) is 0 Å². The molecule has 3 rings (SSSR count). The van der Waals surface area contributed by atoms with Crippen molar-refractivity contribution >= 4 is 10.9 Å². The van der Waals surface area contributed by atoms with E-state index in [0.29, 0.717) is 22.5 Å². The number of aromatic nitrogens is 2. The summed E-state index contributed by atoms with van der Waals surface area (Å²) in [5.74, 6) is 1.22. The van der Waals surface area contributed by atoms with Gasteiger partial charge >= 0.3 is 0 Å². The van der Waals surface area contributed by atoms with Gasteiger partial charge in [0.2, 0.25) is 0 Å². The molecule has 0 fully saturated rings. The van der Waals surface area contributed by atoms with Crippen LogP contribution in [0.15, 0.2) is 53.3 Å². The van der Waals surface area contributed by atoms with Gasteiger partial charge in [0.25, 0.3) is 5.56 Å². The minimum atomic E-state index is -0.164. The number of nitrogens with one attached hydrogen (secondary N) is 1. The zero-order valence-corrected chi connectivity index (χ0v) is 10.4. The Balaban J connectivity index is 2.23. The highest BCUT2D eigenvalue weighted by atomic mass is 16.5. The highest BCUT2D eigenvalue weighted by Gasteiger charge is 2.06. The summed E-state index contributed by atoms with van der Waals surface area (Å²) in [5, 5.41) is 0.527. The lowest BCUT2D eigenvalue weighted by molar-refractivity contribution is 0.415. The smallest absolute Gasteiger partial charge is 0.259 e. The second kappa shape index (κ2) is 4.57. The van der Waals surface area contributed by atoms with Crippen LogP contribution in [0.25, 0.3) is 22.3 Å². The van der Waals surface area contributed by atoms with Gasteiger partial charge in [0, 0.05) is 5.56 Å². The fourth-order valence-corrected chi connectivity index (χ4v) is 1.98. The van der Waals surface area contributed by atoms with Crippen LogP contribution in [-0.2, 0) is 0 Å². The lowest BCUT2D eigenvalue weighted by Crippen LogP contribution is -2.09. The lowest BCUT2D eigenvalue weighted by atomic mass is 10.2. The molecule has 0 aliphatic carbocycles. The maximum Gasteiger partial charge on any atom is 0.259 e. The highest BCUT2D eigenvalue weighted by molar-refractivity contribution is 5.80. The fourth-order valence-electron chi connectivity index (χ4n) is 1.98. The third kappa shape index (κ3) is 2.08. The predicted octanol–water partition coefficient (Wildman–Crippen LogP) is 2.60. The molecule has 0 amide bonds. The fraction of sp³-hybridized carbons (Fsp3) is 0.0667. The Morgan fingerprint density at radius 3 is 2.63 bits per heavy atom. The maximum atomic E-state index is 12.1. The predicted molar refractivity (Wildman–Crippen MR) is 74.4 cm³/mol. The van der Waals surface area contributed by atoms with Crippen molar-refractivity contribution in [2.24, 2.45) is 0 Å². The van der Waals surface area contributed by atoms with Crippen LogP contribution in [0.2, 0.25) is 0 Å². The van der Waals surface area contributed by atoms with E-state index in [1.165, 1.54) is 0 Å². The van der Waals surface area contributed by atoms with Crippen LogP contribution in [-0.4, -0.2) is 17.1 Å². The van der Waals surface area contributed by atoms with Gasteiger partial charge in [-0.2, -0.15) is 0 Å². The number of aromatic amines is 1. The second-order valence-electron chi connectivity index (χ2n) is 4.16. The molecule has 1 N–H and O–H groups in total. The van der Waals surface area contributed by atoms with Gasteiger partial charge in [-0.05, 0) is 18.2 Å². The molecule has 2 aromatic carbocycles. The summed E-state index contributed by atoms with van der Waals surface area (Å²) in [7, 11) is 1.57. The molecule has 0 aliphatic rings. The molecule has 0 radical (unpaired) electrons. The van der Waals surface area contributed by atoms with Gasteiger partial charge in [0.1, 0.15) is 11.6 Å². The van der Waals surface area contributed by atoms with Gasteiger partial charge in [0.05, 0.1) is 18.0 Å². The Morgan fingerprint density at radius 2 is 1.89 bits per heavy atom. The number of fused-ring (bicyclic) bond motifs is 1. The van der Waals surface area contributed by atoms with E-state index in [9.17, 15) is 4.79 Å². The molecule has 19 heavy (non-hydrogen) atoms. The Hall–Kier alpha value is -2.62. The van der Waals surface area contributed by atoms with Crippen molar-refractivity contribution in [1.29, 1.82) is 0 Å². The number of hydrogen-bond donors (Lipinski definition) is 1. The lowest BCUT2D eigenvalue weighted by Gasteiger charge is -2.04. The number of H-pyrrole nitrogens is 1. The average molecular weight is 252 g/mol.